The SMILES string of the molecule is CC(C)N1CC[N+](=C(O)c2ccc(C=O)cc2)CC1. The summed E-state index contributed by atoms with van der Waals surface area (Å²) in [6.45, 7) is 7.98. The van der Waals surface area contributed by atoms with Crippen molar-refractivity contribution < 1.29 is 14.5 Å². The Kier molecular flexibility index (Phi) is 4.32. The molecule has 1 fully saturated rings. The highest BCUT2D eigenvalue weighted by Crippen LogP contribution is 2.07. The number of aldehydes is 1. The summed E-state index contributed by atoms with van der Waals surface area (Å²) in [5, 5.41) is 10.3. The number of hydrogen-bond acceptors (Lipinski definition) is 2. The van der Waals surface area contributed by atoms with E-state index < -0.39 is 0 Å². The standard InChI is InChI=1S/C15H20N2O2/c1-12(2)16-7-9-17(10-8-16)15(19)14-5-3-13(11-18)4-6-14/h3-6,11-12H,7-10H2,1-2H3/p+1. The maximum absolute atomic E-state index is 10.6. The van der Waals surface area contributed by atoms with E-state index >= 15 is 0 Å². The first-order valence-electron chi connectivity index (χ1n) is 6.72. The number of aliphatic hydroxyl groups excluding tert-OH is 1. The first-order chi connectivity index (χ1) is 9.11. The molecule has 4 heteroatoms. The number of rotatable bonds is 3. The highest BCUT2D eigenvalue weighted by Gasteiger charge is 2.24. The van der Waals surface area contributed by atoms with Crippen LogP contribution in [0.4, 0.5) is 0 Å². The maximum Gasteiger partial charge on any atom is 0.367 e. The molecule has 19 heavy (non-hydrogen) atoms. The van der Waals surface area contributed by atoms with Crippen LogP contribution in [0.25, 0.3) is 0 Å². The van der Waals surface area contributed by atoms with Gasteiger partial charge in [-0.15, -0.1) is 0 Å². The molecule has 0 unspecified atom stereocenters. The number of benzene rings is 1. The van der Waals surface area contributed by atoms with Gasteiger partial charge in [0, 0.05) is 11.6 Å². The lowest BCUT2D eigenvalue weighted by Gasteiger charge is -2.28. The lowest BCUT2D eigenvalue weighted by molar-refractivity contribution is -0.547. The van der Waals surface area contributed by atoms with Crippen molar-refractivity contribution >= 4 is 12.2 Å². The minimum atomic E-state index is 0.306. The van der Waals surface area contributed by atoms with E-state index in [4.69, 9.17) is 0 Å². The van der Waals surface area contributed by atoms with Crippen LogP contribution in [0, 0.1) is 0 Å². The summed E-state index contributed by atoms with van der Waals surface area (Å²) in [5.74, 6) is 0.306. The van der Waals surface area contributed by atoms with Crippen molar-refractivity contribution in [1.29, 1.82) is 0 Å². The van der Waals surface area contributed by atoms with E-state index in [0.29, 0.717) is 17.5 Å². The highest BCUT2D eigenvalue weighted by atomic mass is 16.3. The Labute approximate surface area is 114 Å². The molecular weight excluding hydrogens is 240 g/mol. The number of aliphatic hydroxyl groups is 1. The Balaban J connectivity index is 2.11. The van der Waals surface area contributed by atoms with Crippen molar-refractivity contribution in [3.05, 3.63) is 35.4 Å². The van der Waals surface area contributed by atoms with Gasteiger partial charge in [-0.2, -0.15) is 4.58 Å². The van der Waals surface area contributed by atoms with Gasteiger partial charge in [-0.05, 0) is 26.0 Å². The van der Waals surface area contributed by atoms with Gasteiger partial charge in [0.2, 0.25) is 0 Å². The zero-order chi connectivity index (χ0) is 13.8. The summed E-state index contributed by atoms with van der Waals surface area (Å²) >= 11 is 0. The lowest BCUT2D eigenvalue weighted by Crippen LogP contribution is -2.46. The lowest BCUT2D eigenvalue weighted by atomic mass is 10.1. The molecular formula is C15H21N2O2+. The minimum Gasteiger partial charge on any atom is -0.460 e. The van der Waals surface area contributed by atoms with Crippen molar-refractivity contribution in [1.82, 2.24) is 4.90 Å². The first-order valence-corrected chi connectivity index (χ1v) is 6.72. The van der Waals surface area contributed by atoms with Gasteiger partial charge in [0.1, 0.15) is 6.29 Å². The van der Waals surface area contributed by atoms with E-state index in [1.165, 1.54) is 0 Å². The average Bonchev–Trinajstić information content (AvgIpc) is 2.46. The molecule has 4 nitrogen and oxygen atoms in total. The van der Waals surface area contributed by atoms with Crippen LogP contribution < -0.4 is 0 Å². The topological polar surface area (TPSA) is 43.5 Å². The van der Waals surface area contributed by atoms with Crippen LogP contribution in [-0.2, 0) is 0 Å². The molecule has 0 bridgehead atoms. The molecule has 2 rings (SSSR count). The van der Waals surface area contributed by atoms with Crippen molar-refractivity contribution in [3.63, 3.8) is 0 Å². The molecule has 0 saturated carbocycles. The predicted octanol–water partition coefficient (Wildman–Crippen LogP) is 1.54. The number of hydrogen-bond donors (Lipinski definition) is 1. The van der Waals surface area contributed by atoms with Crippen LogP contribution in [0.5, 0.6) is 0 Å². The van der Waals surface area contributed by atoms with Crippen LogP contribution in [0.3, 0.4) is 0 Å². The monoisotopic (exact) mass is 261 g/mol. The zero-order valence-electron chi connectivity index (χ0n) is 11.5. The van der Waals surface area contributed by atoms with Crippen LogP contribution in [0.15, 0.2) is 24.3 Å². The van der Waals surface area contributed by atoms with E-state index in [9.17, 15) is 9.90 Å². The molecule has 1 heterocycles. The molecule has 1 aromatic rings. The third kappa shape index (κ3) is 3.20. The van der Waals surface area contributed by atoms with E-state index in [1.807, 2.05) is 4.58 Å². The number of carbonyl (C=O) groups excluding carboxylic acids is 1. The molecule has 0 atom stereocenters. The minimum absolute atomic E-state index is 0.306. The van der Waals surface area contributed by atoms with Gasteiger partial charge < -0.3 is 5.11 Å². The number of nitrogens with zero attached hydrogens (tertiary/aromatic N) is 2. The Hall–Kier alpha value is -1.68. The van der Waals surface area contributed by atoms with Gasteiger partial charge in [0.25, 0.3) is 0 Å². The van der Waals surface area contributed by atoms with Gasteiger partial charge in [-0.25, -0.2) is 0 Å². The fraction of sp³-hybridized carbons (Fsp3) is 0.467. The van der Waals surface area contributed by atoms with Crippen molar-refractivity contribution in [3.8, 4) is 0 Å². The normalized spacial score (nSPS) is 16.7. The summed E-state index contributed by atoms with van der Waals surface area (Å²) < 4.78 is 1.99. The molecule has 0 amide bonds. The average molecular weight is 261 g/mol. The summed E-state index contributed by atoms with van der Waals surface area (Å²) in [7, 11) is 0. The van der Waals surface area contributed by atoms with Gasteiger partial charge in [0.15, 0.2) is 13.1 Å². The fourth-order valence-electron chi connectivity index (χ4n) is 2.34. The van der Waals surface area contributed by atoms with E-state index in [0.717, 1.165) is 38.0 Å². The van der Waals surface area contributed by atoms with Crippen molar-refractivity contribution in [2.75, 3.05) is 26.2 Å². The predicted molar refractivity (Wildman–Crippen MR) is 75.3 cm³/mol. The molecule has 0 aromatic heterocycles. The fourth-order valence-corrected chi connectivity index (χ4v) is 2.34. The van der Waals surface area contributed by atoms with Crippen LogP contribution in [0.2, 0.25) is 0 Å². The second-order valence-electron chi connectivity index (χ2n) is 5.18. The third-order valence-corrected chi connectivity index (χ3v) is 3.65. The van der Waals surface area contributed by atoms with Crippen LogP contribution in [0.1, 0.15) is 29.8 Å². The molecule has 1 aliphatic rings. The van der Waals surface area contributed by atoms with Crippen LogP contribution in [-0.4, -0.2) is 59.0 Å². The van der Waals surface area contributed by atoms with Gasteiger partial charge in [0.05, 0.1) is 18.7 Å². The molecule has 1 aliphatic heterocycles. The second-order valence-corrected chi connectivity index (χ2v) is 5.18. The molecule has 1 saturated heterocycles. The zero-order valence-corrected chi connectivity index (χ0v) is 11.5. The highest BCUT2D eigenvalue weighted by molar-refractivity contribution is 5.89. The molecule has 102 valence electrons. The second kappa shape index (κ2) is 5.97. The molecule has 0 spiro atoms. The van der Waals surface area contributed by atoms with Crippen molar-refractivity contribution in [2.45, 2.75) is 19.9 Å². The first kappa shape index (κ1) is 13.7. The Morgan fingerprint density at radius 3 is 2.32 bits per heavy atom. The molecule has 0 radical (unpaired) electrons. The van der Waals surface area contributed by atoms with E-state index in [-0.39, 0.29) is 0 Å². The van der Waals surface area contributed by atoms with E-state index in [1.54, 1.807) is 24.3 Å². The number of carbonyl (C=O) groups is 1. The molecule has 1 aromatic carbocycles. The van der Waals surface area contributed by atoms with Gasteiger partial charge in [-0.1, -0.05) is 12.1 Å². The number of piperazine rings is 1. The third-order valence-electron chi connectivity index (χ3n) is 3.65. The quantitative estimate of drug-likeness (QED) is 0.510. The largest absolute Gasteiger partial charge is 0.460 e. The maximum atomic E-state index is 10.6. The summed E-state index contributed by atoms with van der Waals surface area (Å²) in [6.07, 6.45) is 0.808. The molecule has 1 N–H and O–H groups in total. The van der Waals surface area contributed by atoms with Gasteiger partial charge >= 0.3 is 5.90 Å². The smallest absolute Gasteiger partial charge is 0.367 e. The van der Waals surface area contributed by atoms with Gasteiger partial charge in [-0.3, -0.25) is 9.69 Å². The van der Waals surface area contributed by atoms with E-state index in [2.05, 4.69) is 18.7 Å². The van der Waals surface area contributed by atoms with Crippen molar-refractivity contribution in [2.24, 2.45) is 0 Å². The molecule has 0 aliphatic carbocycles. The summed E-state index contributed by atoms with van der Waals surface area (Å²) in [4.78, 5) is 13.0. The Morgan fingerprint density at radius 2 is 1.84 bits per heavy atom. The summed E-state index contributed by atoms with van der Waals surface area (Å²) in [5.41, 5.74) is 1.39. The Morgan fingerprint density at radius 1 is 1.26 bits per heavy atom. The van der Waals surface area contributed by atoms with Crippen LogP contribution >= 0.6 is 0 Å². The Bertz CT molecular complexity index is 467. The summed E-state index contributed by atoms with van der Waals surface area (Å²) in [6, 6.07) is 7.57.